The Labute approximate surface area is 179 Å². The molecule has 2 aliphatic rings. The molecule has 0 radical (unpaired) electrons. The Balaban J connectivity index is 1.98. The van der Waals surface area contributed by atoms with Crippen LogP contribution in [0.1, 0.15) is 50.2 Å². The summed E-state index contributed by atoms with van der Waals surface area (Å²) < 4.78 is 11.0. The summed E-state index contributed by atoms with van der Waals surface area (Å²) in [5.74, 6) is 1.21. The molecule has 0 fully saturated rings. The molecule has 4 rings (SSSR count). The number of aromatic nitrogens is 2. The number of hydrogen-bond acceptors (Lipinski definition) is 7. The molecule has 0 spiro atoms. The zero-order chi connectivity index (χ0) is 21.4. The van der Waals surface area contributed by atoms with Crippen molar-refractivity contribution in [3.05, 3.63) is 50.9 Å². The zero-order valence-corrected chi connectivity index (χ0v) is 18.3. The average molecular weight is 428 g/mol. The minimum Gasteiger partial charge on any atom is -0.497 e. The third kappa shape index (κ3) is 3.60. The van der Waals surface area contributed by atoms with Gasteiger partial charge in [0.15, 0.2) is 10.9 Å². The largest absolute Gasteiger partial charge is 0.497 e. The van der Waals surface area contributed by atoms with E-state index >= 15 is 0 Å². The van der Waals surface area contributed by atoms with E-state index in [1.165, 1.54) is 11.8 Å². The molecule has 1 aliphatic heterocycles. The molecule has 30 heavy (non-hydrogen) atoms. The molecule has 1 aromatic carbocycles. The van der Waals surface area contributed by atoms with Gasteiger partial charge in [0.25, 0.3) is 5.56 Å². The first kappa shape index (κ1) is 20.5. The standard InChI is InChI=1S/C22H25N3O4S/c1-11(2)30-22-24-20-19(21(27)25-22)17(18-14(23-20)6-5-7-15(18)26)13-10-12(28-3)8-9-16(13)29-4/h8-11,17H,5-7H2,1-4H3,(H2,23,24,25,27). The average Bonchev–Trinajstić information content (AvgIpc) is 2.71. The number of carbonyl (C=O) groups is 1. The van der Waals surface area contributed by atoms with E-state index in [0.29, 0.717) is 40.0 Å². The summed E-state index contributed by atoms with van der Waals surface area (Å²) in [6, 6.07) is 5.43. The van der Waals surface area contributed by atoms with Gasteiger partial charge in [0, 0.05) is 28.5 Å². The smallest absolute Gasteiger partial charge is 0.257 e. The highest BCUT2D eigenvalue weighted by Crippen LogP contribution is 2.46. The van der Waals surface area contributed by atoms with Crippen LogP contribution >= 0.6 is 11.8 Å². The lowest BCUT2D eigenvalue weighted by Crippen LogP contribution is -2.33. The van der Waals surface area contributed by atoms with Crippen LogP contribution in [0.5, 0.6) is 11.5 Å². The highest BCUT2D eigenvalue weighted by atomic mass is 32.2. The summed E-state index contributed by atoms with van der Waals surface area (Å²) in [4.78, 5) is 33.8. The molecule has 0 amide bonds. The molecule has 2 heterocycles. The predicted molar refractivity (Wildman–Crippen MR) is 117 cm³/mol. The van der Waals surface area contributed by atoms with Crippen molar-refractivity contribution in [2.24, 2.45) is 0 Å². The Morgan fingerprint density at radius 1 is 1.17 bits per heavy atom. The van der Waals surface area contributed by atoms with Crippen molar-refractivity contribution in [2.75, 3.05) is 19.5 Å². The number of carbonyl (C=O) groups excluding carboxylic acids is 1. The molecule has 0 bridgehead atoms. The molecule has 8 heteroatoms. The molecule has 158 valence electrons. The number of rotatable bonds is 5. The Morgan fingerprint density at radius 3 is 2.67 bits per heavy atom. The molecular formula is C22H25N3O4S. The number of aromatic amines is 1. The van der Waals surface area contributed by atoms with Crippen LogP contribution in [0, 0.1) is 0 Å². The van der Waals surface area contributed by atoms with Gasteiger partial charge in [-0.15, -0.1) is 0 Å². The summed E-state index contributed by atoms with van der Waals surface area (Å²) in [6.45, 7) is 4.09. The Hall–Kier alpha value is -2.74. The fourth-order valence-corrected chi connectivity index (χ4v) is 4.84. The van der Waals surface area contributed by atoms with Gasteiger partial charge in [-0.1, -0.05) is 25.6 Å². The Kier molecular flexibility index (Phi) is 5.60. The van der Waals surface area contributed by atoms with Crippen molar-refractivity contribution in [1.82, 2.24) is 9.97 Å². The normalized spacial score (nSPS) is 18.0. The van der Waals surface area contributed by atoms with E-state index in [2.05, 4.69) is 15.3 Å². The number of thioether (sulfide) groups is 1. The number of methoxy groups -OCH3 is 2. The molecule has 7 nitrogen and oxygen atoms in total. The van der Waals surface area contributed by atoms with Crippen LogP contribution in [-0.2, 0) is 4.79 Å². The van der Waals surface area contributed by atoms with Gasteiger partial charge in [0.05, 0.1) is 25.7 Å². The maximum atomic E-state index is 13.2. The number of nitrogens with zero attached hydrogens (tertiary/aromatic N) is 1. The van der Waals surface area contributed by atoms with Crippen molar-refractivity contribution in [1.29, 1.82) is 0 Å². The van der Waals surface area contributed by atoms with Crippen LogP contribution in [-0.4, -0.2) is 35.2 Å². The molecule has 0 saturated heterocycles. The molecular weight excluding hydrogens is 402 g/mol. The fraction of sp³-hybridized carbons (Fsp3) is 0.409. The summed E-state index contributed by atoms with van der Waals surface area (Å²) in [5.41, 5.74) is 2.36. The van der Waals surface area contributed by atoms with Gasteiger partial charge in [-0.3, -0.25) is 9.59 Å². The van der Waals surface area contributed by atoms with E-state index in [1.54, 1.807) is 26.4 Å². The van der Waals surface area contributed by atoms with Crippen LogP contribution in [0.25, 0.3) is 0 Å². The first-order valence-electron chi connectivity index (χ1n) is 9.99. The van der Waals surface area contributed by atoms with Crippen LogP contribution < -0.4 is 20.3 Å². The molecule has 1 aliphatic carbocycles. The second-order valence-electron chi connectivity index (χ2n) is 7.63. The SMILES string of the molecule is COc1ccc(OC)c(C2C3=C(CCCC3=O)Nc3nc(SC(C)C)[nH]c(=O)c32)c1. The maximum Gasteiger partial charge on any atom is 0.257 e. The number of nitrogens with one attached hydrogen (secondary N) is 2. The van der Waals surface area contributed by atoms with Gasteiger partial charge in [-0.2, -0.15) is 0 Å². The van der Waals surface area contributed by atoms with Gasteiger partial charge in [-0.25, -0.2) is 4.98 Å². The first-order chi connectivity index (χ1) is 14.4. The van der Waals surface area contributed by atoms with Crippen molar-refractivity contribution in [3.63, 3.8) is 0 Å². The number of benzene rings is 1. The topological polar surface area (TPSA) is 93.3 Å². The van der Waals surface area contributed by atoms with Gasteiger partial charge in [-0.05, 0) is 31.0 Å². The van der Waals surface area contributed by atoms with Crippen LogP contribution in [0.4, 0.5) is 5.82 Å². The number of anilines is 1. The fourth-order valence-electron chi connectivity index (χ4n) is 4.10. The monoisotopic (exact) mass is 427 g/mol. The van der Waals surface area contributed by atoms with Gasteiger partial charge in [0.1, 0.15) is 17.3 Å². The minimum atomic E-state index is -0.566. The summed E-state index contributed by atoms with van der Waals surface area (Å²) in [6.07, 6.45) is 1.98. The van der Waals surface area contributed by atoms with E-state index in [1.807, 2.05) is 19.9 Å². The second kappa shape index (κ2) is 8.18. The quantitative estimate of drug-likeness (QED) is 0.553. The predicted octanol–water partition coefficient (Wildman–Crippen LogP) is 3.85. The van der Waals surface area contributed by atoms with Crippen molar-refractivity contribution in [3.8, 4) is 11.5 Å². The highest BCUT2D eigenvalue weighted by Gasteiger charge is 2.39. The summed E-state index contributed by atoms with van der Waals surface area (Å²) in [7, 11) is 3.17. The molecule has 0 saturated carbocycles. The van der Waals surface area contributed by atoms with Crippen molar-refractivity contribution in [2.45, 2.75) is 49.4 Å². The Morgan fingerprint density at radius 2 is 1.97 bits per heavy atom. The Bertz CT molecular complexity index is 1090. The van der Waals surface area contributed by atoms with Crippen LogP contribution in [0.15, 0.2) is 39.4 Å². The third-order valence-electron chi connectivity index (χ3n) is 5.33. The first-order valence-corrected chi connectivity index (χ1v) is 10.9. The van der Waals surface area contributed by atoms with E-state index in [9.17, 15) is 9.59 Å². The van der Waals surface area contributed by atoms with Crippen LogP contribution in [0.2, 0.25) is 0 Å². The molecule has 2 aromatic rings. The second-order valence-corrected chi connectivity index (χ2v) is 9.20. The number of hydrogen-bond donors (Lipinski definition) is 2. The van der Waals surface area contributed by atoms with Crippen molar-refractivity contribution < 1.29 is 14.3 Å². The highest BCUT2D eigenvalue weighted by molar-refractivity contribution is 7.99. The van der Waals surface area contributed by atoms with E-state index < -0.39 is 5.92 Å². The van der Waals surface area contributed by atoms with Gasteiger partial charge < -0.3 is 19.8 Å². The summed E-state index contributed by atoms with van der Waals surface area (Å²) >= 11 is 1.49. The lowest BCUT2D eigenvalue weighted by Gasteiger charge is -2.33. The minimum absolute atomic E-state index is 0.0457. The van der Waals surface area contributed by atoms with E-state index in [0.717, 1.165) is 24.1 Å². The molecule has 2 N–H and O–H groups in total. The van der Waals surface area contributed by atoms with Gasteiger partial charge >= 0.3 is 0 Å². The van der Waals surface area contributed by atoms with E-state index in [-0.39, 0.29) is 16.6 Å². The van der Waals surface area contributed by atoms with Crippen molar-refractivity contribution >= 4 is 23.4 Å². The lowest BCUT2D eigenvalue weighted by molar-refractivity contribution is -0.116. The number of ketones is 1. The summed E-state index contributed by atoms with van der Waals surface area (Å²) in [5, 5.41) is 4.12. The maximum absolute atomic E-state index is 13.2. The number of H-pyrrole nitrogens is 1. The molecule has 1 atom stereocenters. The molecule has 1 aromatic heterocycles. The third-order valence-corrected chi connectivity index (χ3v) is 6.22. The van der Waals surface area contributed by atoms with Gasteiger partial charge in [0.2, 0.25) is 0 Å². The molecule has 1 unspecified atom stereocenters. The van der Waals surface area contributed by atoms with Crippen LogP contribution in [0.3, 0.4) is 0 Å². The number of allylic oxidation sites excluding steroid dienone is 2. The number of fused-ring (bicyclic) bond motifs is 1. The number of Topliss-reactive ketones (excluding diaryl/α,β-unsaturated/α-hetero) is 1. The zero-order valence-electron chi connectivity index (χ0n) is 17.5. The van der Waals surface area contributed by atoms with E-state index in [4.69, 9.17) is 9.47 Å². The number of ether oxygens (including phenoxy) is 2. The lowest BCUT2D eigenvalue weighted by atomic mass is 9.76.